The first-order valence-corrected chi connectivity index (χ1v) is 10.2. The molecule has 0 aliphatic carbocycles. The number of carbonyl (C=O) groups excluding carboxylic acids is 2. The number of rotatable bonds is 8. The number of hydrogen-bond donors (Lipinski definition) is 1. The number of nitrogens with zero attached hydrogens (tertiary/aromatic N) is 1. The number of aromatic nitrogens is 1. The van der Waals surface area contributed by atoms with Gasteiger partial charge in [-0.15, -0.1) is 23.1 Å². The largest absolute Gasteiger partial charge is 0.497 e. The van der Waals surface area contributed by atoms with Crippen LogP contribution in [0.2, 0.25) is 0 Å². The molecule has 0 unspecified atom stereocenters. The molecule has 1 aromatic heterocycles. The number of methoxy groups -OCH3 is 1. The molecule has 1 heterocycles. The Morgan fingerprint density at radius 3 is 2.57 bits per heavy atom. The van der Waals surface area contributed by atoms with Gasteiger partial charge in [0.1, 0.15) is 5.75 Å². The van der Waals surface area contributed by atoms with Crippen LogP contribution in [0.5, 0.6) is 5.75 Å². The Balaban J connectivity index is 1.44. The van der Waals surface area contributed by atoms with Gasteiger partial charge in [0.15, 0.2) is 11.7 Å². The van der Waals surface area contributed by atoms with Crippen molar-refractivity contribution in [2.75, 3.05) is 24.8 Å². The molecule has 0 bridgehead atoms. The van der Waals surface area contributed by atoms with Gasteiger partial charge in [-0.25, -0.2) is 4.98 Å². The van der Waals surface area contributed by atoms with Gasteiger partial charge in [0.2, 0.25) is 0 Å². The van der Waals surface area contributed by atoms with Crippen molar-refractivity contribution in [3.05, 3.63) is 60.0 Å². The van der Waals surface area contributed by atoms with Crippen molar-refractivity contribution < 1.29 is 19.1 Å². The molecule has 0 saturated heterocycles. The summed E-state index contributed by atoms with van der Waals surface area (Å²) in [6.45, 7) is -0.342. The van der Waals surface area contributed by atoms with Gasteiger partial charge in [-0.05, 0) is 36.4 Å². The fourth-order valence-corrected chi connectivity index (χ4v) is 3.68. The summed E-state index contributed by atoms with van der Waals surface area (Å²) in [7, 11) is 1.61. The first-order valence-electron chi connectivity index (χ1n) is 8.37. The maximum absolute atomic E-state index is 12.0. The second-order valence-electron chi connectivity index (χ2n) is 5.58. The van der Waals surface area contributed by atoms with Gasteiger partial charge in [0.25, 0.3) is 5.91 Å². The molecule has 3 rings (SSSR count). The molecule has 6 nitrogen and oxygen atoms in total. The van der Waals surface area contributed by atoms with E-state index in [1.165, 1.54) is 23.1 Å². The zero-order valence-electron chi connectivity index (χ0n) is 15.1. The van der Waals surface area contributed by atoms with Crippen molar-refractivity contribution in [3.8, 4) is 17.0 Å². The number of nitrogens with one attached hydrogen (secondary N) is 1. The van der Waals surface area contributed by atoms with Crippen molar-refractivity contribution in [2.45, 2.75) is 4.90 Å². The molecule has 0 atom stereocenters. The molecule has 0 aliphatic heterocycles. The van der Waals surface area contributed by atoms with E-state index in [-0.39, 0.29) is 12.4 Å². The predicted molar refractivity (Wildman–Crippen MR) is 111 cm³/mol. The Labute approximate surface area is 170 Å². The van der Waals surface area contributed by atoms with E-state index in [1.807, 2.05) is 60.0 Å². The summed E-state index contributed by atoms with van der Waals surface area (Å²) in [6, 6.07) is 17.0. The van der Waals surface area contributed by atoms with Gasteiger partial charge in [0, 0.05) is 15.8 Å². The molecule has 0 saturated carbocycles. The van der Waals surface area contributed by atoms with Crippen molar-refractivity contribution >= 4 is 40.1 Å². The molecule has 144 valence electrons. The van der Waals surface area contributed by atoms with Crippen LogP contribution >= 0.6 is 23.1 Å². The van der Waals surface area contributed by atoms with Gasteiger partial charge in [-0.1, -0.05) is 18.2 Å². The average Bonchev–Trinajstić information content (AvgIpc) is 3.20. The minimum Gasteiger partial charge on any atom is -0.497 e. The molecule has 3 aromatic rings. The highest BCUT2D eigenvalue weighted by Crippen LogP contribution is 2.26. The van der Waals surface area contributed by atoms with Crippen LogP contribution in [0, 0.1) is 0 Å². The quantitative estimate of drug-likeness (QED) is 0.442. The molecular formula is C20H18N2O4S2. The van der Waals surface area contributed by atoms with Gasteiger partial charge >= 0.3 is 5.97 Å². The second kappa shape index (κ2) is 9.91. The van der Waals surface area contributed by atoms with E-state index in [0.717, 1.165) is 21.9 Å². The predicted octanol–water partition coefficient (Wildman–Crippen LogP) is 4.09. The Kier molecular flexibility index (Phi) is 7.05. The number of ether oxygens (including phenoxy) is 2. The van der Waals surface area contributed by atoms with Crippen LogP contribution in [0.4, 0.5) is 5.13 Å². The molecule has 0 fully saturated rings. The summed E-state index contributed by atoms with van der Waals surface area (Å²) in [6.07, 6.45) is 0. The van der Waals surface area contributed by atoms with Crippen LogP contribution in [0.25, 0.3) is 11.3 Å². The zero-order valence-corrected chi connectivity index (χ0v) is 16.7. The number of amides is 1. The lowest BCUT2D eigenvalue weighted by Crippen LogP contribution is -2.21. The highest BCUT2D eigenvalue weighted by atomic mass is 32.2. The number of thiazole rings is 1. The number of anilines is 1. The summed E-state index contributed by atoms with van der Waals surface area (Å²) in [5, 5.41) is 4.94. The van der Waals surface area contributed by atoms with E-state index in [1.54, 1.807) is 7.11 Å². The molecule has 1 amide bonds. The lowest BCUT2D eigenvalue weighted by atomic mass is 10.2. The smallest absolute Gasteiger partial charge is 0.316 e. The maximum Gasteiger partial charge on any atom is 0.316 e. The van der Waals surface area contributed by atoms with Crippen LogP contribution < -0.4 is 10.1 Å². The number of esters is 1. The first kappa shape index (κ1) is 19.9. The highest BCUT2D eigenvalue weighted by Gasteiger charge is 2.11. The fourth-order valence-electron chi connectivity index (χ4n) is 2.23. The van der Waals surface area contributed by atoms with E-state index in [2.05, 4.69) is 10.3 Å². The Bertz CT molecular complexity index is 927. The average molecular weight is 415 g/mol. The monoisotopic (exact) mass is 414 g/mol. The number of carbonyl (C=O) groups is 2. The molecular weight excluding hydrogens is 396 g/mol. The molecule has 28 heavy (non-hydrogen) atoms. The third-order valence-corrected chi connectivity index (χ3v) is 5.34. The third-order valence-electron chi connectivity index (χ3n) is 3.60. The lowest BCUT2D eigenvalue weighted by Gasteiger charge is -2.05. The second-order valence-corrected chi connectivity index (χ2v) is 7.48. The third kappa shape index (κ3) is 5.83. The summed E-state index contributed by atoms with van der Waals surface area (Å²) in [5.41, 5.74) is 1.67. The molecule has 2 aromatic carbocycles. The van der Waals surface area contributed by atoms with Crippen LogP contribution in [0.3, 0.4) is 0 Å². The molecule has 8 heteroatoms. The van der Waals surface area contributed by atoms with E-state index in [0.29, 0.717) is 5.13 Å². The Morgan fingerprint density at radius 1 is 1.11 bits per heavy atom. The van der Waals surface area contributed by atoms with Gasteiger partial charge in [0.05, 0.1) is 18.6 Å². The van der Waals surface area contributed by atoms with Crippen LogP contribution in [-0.2, 0) is 14.3 Å². The van der Waals surface area contributed by atoms with E-state index in [9.17, 15) is 9.59 Å². The van der Waals surface area contributed by atoms with Crippen molar-refractivity contribution in [3.63, 3.8) is 0 Å². The van der Waals surface area contributed by atoms with Crippen LogP contribution in [0.1, 0.15) is 0 Å². The minimum atomic E-state index is -0.443. The lowest BCUT2D eigenvalue weighted by molar-refractivity contribution is -0.144. The summed E-state index contributed by atoms with van der Waals surface area (Å²) < 4.78 is 10.1. The molecule has 0 spiro atoms. The first-order chi connectivity index (χ1) is 13.6. The summed E-state index contributed by atoms with van der Waals surface area (Å²) in [5.74, 6) is 0.0476. The summed E-state index contributed by atoms with van der Waals surface area (Å²) in [4.78, 5) is 29.1. The van der Waals surface area contributed by atoms with Gasteiger partial charge in [-0.2, -0.15) is 0 Å². The van der Waals surface area contributed by atoms with E-state index >= 15 is 0 Å². The van der Waals surface area contributed by atoms with Crippen molar-refractivity contribution in [1.29, 1.82) is 0 Å². The number of benzene rings is 2. The molecule has 0 radical (unpaired) electrons. The van der Waals surface area contributed by atoms with Crippen molar-refractivity contribution in [1.82, 2.24) is 4.98 Å². The number of thioether (sulfide) groups is 1. The minimum absolute atomic E-state index is 0.149. The molecule has 1 N–H and O–H groups in total. The van der Waals surface area contributed by atoms with E-state index in [4.69, 9.17) is 9.47 Å². The van der Waals surface area contributed by atoms with Gasteiger partial charge in [-0.3, -0.25) is 14.9 Å². The van der Waals surface area contributed by atoms with E-state index < -0.39 is 11.9 Å². The Morgan fingerprint density at radius 2 is 1.86 bits per heavy atom. The SMILES string of the molecule is COc1ccc(-c2csc(NC(=O)COC(=O)CSc3ccccc3)n2)cc1. The Hall–Kier alpha value is -2.84. The topological polar surface area (TPSA) is 77.5 Å². The van der Waals surface area contributed by atoms with Crippen LogP contribution in [-0.4, -0.2) is 36.3 Å². The summed E-state index contributed by atoms with van der Waals surface area (Å²) >= 11 is 2.67. The normalized spacial score (nSPS) is 10.3. The zero-order chi connectivity index (χ0) is 19.8. The number of hydrogen-bond acceptors (Lipinski definition) is 7. The molecule has 0 aliphatic rings. The standard InChI is InChI=1S/C20H18N2O4S2/c1-25-15-9-7-14(8-10-15)17-12-28-20(21-17)22-18(23)11-26-19(24)13-27-16-5-3-2-4-6-16/h2-10,12H,11,13H2,1H3,(H,21,22,23). The fraction of sp³-hybridized carbons (Fsp3) is 0.150. The maximum atomic E-state index is 12.0. The van der Waals surface area contributed by atoms with Gasteiger partial charge < -0.3 is 9.47 Å². The highest BCUT2D eigenvalue weighted by molar-refractivity contribution is 8.00. The van der Waals surface area contributed by atoms with Crippen LogP contribution in [0.15, 0.2) is 64.9 Å². The van der Waals surface area contributed by atoms with Crippen molar-refractivity contribution in [2.24, 2.45) is 0 Å².